The summed E-state index contributed by atoms with van der Waals surface area (Å²) in [6.07, 6.45) is 2.22. The third-order valence-electron chi connectivity index (χ3n) is 4.93. The van der Waals surface area contributed by atoms with Crippen LogP contribution in [0.25, 0.3) is 10.2 Å². The summed E-state index contributed by atoms with van der Waals surface area (Å²) in [4.78, 5) is 14.1. The molecule has 1 aliphatic rings. The molecule has 1 N–H and O–H groups in total. The van der Waals surface area contributed by atoms with Gasteiger partial charge in [0.15, 0.2) is 0 Å². The highest BCUT2D eigenvalue weighted by atomic mass is 32.1. The minimum atomic E-state index is -0.0468. The number of aromatic nitrogens is 1. The second-order valence-electron chi connectivity index (χ2n) is 6.92. The van der Waals surface area contributed by atoms with Crippen molar-refractivity contribution in [3.8, 4) is 5.75 Å². The average Bonchev–Trinajstić information content (AvgIpc) is 3.38. The first-order valence-corrected chi connectivity index (χ1v) is 10.1. The number of fused-ring (bicyclic) bond motifs is 1. The van der Waals surface area contributed by atoms with Crippen LogP contribution in [-0.4, -0.2) is 36.8 Å². The van der Waals surface area contributed by atoms with E-state index in [9.17, 15) is 4.79 Å². The minimum Gasteiger partial charge on any atom is -0.497 e. The molecule has 3 aromatic rings. The molecule has 6 heteroatoms. The van der Waals surface area contributed by atoms with Crippen molar-refractivity contribution in [3.63, 3.8) is 0 Å². The third-order valence-corrected chi connectivity index (χ3v) is 5.92. The van der Waals surface area contributed by atoms with Gasteiger partial charge in [-0.15, -0.1) is 11.3 Å². The van der Waals surface area contributed by atoms with E-state index in [1.807, 2.05) is 24.3 Å². The Bertz CT molecular complexity index is 954. The van der Waals surface area contributed by atoms with Gasteiger partial charge in [-0.05, 0) is 49.6 Å². The molecule has 0 bridgehead atoms. The minimum absolute atomic E-state index is 0.0468. The topological polar surface area (TPSA) is 52.5 Å². The summed E-state index contributed by atoms with van der Waals surface area (Å²) < 4.78 is 14.2. The summed E-state index contributed by atoms with van der Waals surface area (Å²) in [6.45, 7) is 4.08. The number of ether oxygens (including phenoxy) is 2. The summed E-state index contributed by atoms with van der Waals surface area (Å²) in [5, 5.41) is 3.05. The molecule has 1 amide bonds. The number of hydrogen-bond donors (Lipinski definition) is 1. The van der Waals surface area contributed by atoms with Gasteiger partial charge in [-0.3, -0.25) is 4.79 Å². The van der Waals surface area contributed by atoms with Gasteiger partial charge < -0.3 is 19.4 Å². The van der Waals surface area contributed by atoms with E-state index in [4.69, 9.17) is 9.47 Å². The zero-order valence-electron chi connectivity index (χ0n) is 15.7. The lowest BCUT2D eigenvalue weighted by Crippen LogP contribution is -2.33. The molecule has 1 saturated heterocycles. The lowest BCUT2D eigenvalue weighted by molar-refractivity contribution is 0.0851. The number of carbonyl (C=O) groups is 1. The van der Waals surface area contributed by atoms with Gasteiger partial charge in [0.2, 0.25) is 0 Å². The van der Waals surface area contributed by atoms with Crippen LogP contribution in [0.1, 0.15) is 33.8 Å². The third kappa shape index (κ3) is 3.87. The fraction of sp³-hybridized carbons (Fsp3) is 0.381. The largest absolute Gasteiger partial charge is 0.497 e. The van der Waals surface area contributed by atoms with Gasteiger partial charge in [0.05, 0.1) is 23.4 Å². The van der Waals surface area contributed by atoms with Crippen molar-refractivity contribution < 1.29 is 14.3 Å². The molecule has 5 nitrogen and oxygen atoms in total. The first-order chi connectivity index (χ1) is 13.1. The van der Waals surface area contributed by atoms with Crippen molar-refractivity contribution in [2.45, 2.75) is 32.4 Å². The summed E-state index contributed by atoms with van der Waals surface area (Å²) >= 11 is 1.72. The molecule has 27 heavy (non-hydrogen) atoms. The van der Waals surface area contributed by atoms with Crippen molar-refractivity contribution in [1.29, 1.82) is 0 Å². The Morgan fingerprint density at radius 1 is 1.37 bits per heavy atom. The van der Waals surface area contributed by atoms with E-state index in [1.54, 1.807) is 18.4 Å². The van der Waals surface area contributed by atoms with Crippen LogP contribution in [0, 0.1) is 6.92 Å². The number of aryl methyl sites for hydroxylation is 1. The second kappa shape index (κ2) is 7.74. The van der Waals surface area contributed by atoms with Crippen molar-refractivity contribution in [2.75, 3.05) is 20.3 Å². The molecule has 1 atom stereocenters. The maximum atomic E-state index is 12.9. The number of benzene rings is 1. The highest BCUT2D eigenvalue weighted by Gasteiger charge is 2.20. The molecule has 0 unspecified atom stereocenters. The maximum absolute atomic E-state index is 12.9. The van der Waals surface area contributed by atoms with Crippen molar-refractivity contribution in [2.24, 2.45) is 0 Å². The highest BCUT2D eigenvalue weighted by Crippen LogP contribution is 2.30. The zero-order chi connectivity index (χ0) is 18.8. The van der Waals surface area contributed by atoms with Crippen molar-refractivity contribution in [3.05, 3.63) is 52.5 Å². The van der Waals surface area contributed by atoms with Crippen LogP contribution < -0.4 is 10.1 Å². The number of thiophene rings is 1. The standard InChI is InChI=1S/C21H24N2O3S/c1-14-9-18-20(27-14)11-19(21(24)22-12-17-7-4-8-26-17)23(18)13-15-5-3-6-16(10-15)25-2/h3,5-6,9-11,17H,4,7-8,12-13H2,1-2H3,(H,22,24)/t17-/m0/s1. The number of rotatable bonds is 6. The first-order valence-electron chi connectivity index (χ1n) is 9.26. The van der Waals surface area contributed by atoms with Crippen LogP contribution in [0.5, 0.6) is 5.75 Å². The number of amides is 1. The molecule has 0 spiro atoms. The van der Waals surface area contributed by atoms with Gasteiger partial charge in [0.25, 0.3) is 5.91 Å². The molecule has 0 radical (unpaired) electrons. The van der Waals surface area contributed by atoms with E-state index in [2.05, 4.69) is 28.9 Å². The molecular formula is C21H24N2O3S. The van der Waals surface area contributed by atoms with E-state index < -0.39 is 0 Å². The highest BCUT2D eigenvalue weighted by molar-refractivity contribution is 7.19. The summed E-state index contributed by atoms with van der Waals surface area (Å²) in [5.41, 5.74) is 2.89. The van der Waals surface area contributed by atoms with Crippen molar-refractivity contribution >= 4 is 27.5 Å². The van der Waals surface area contributed by atoms with Crippen LogP contribution >= 0.6 is 11.3 Å². The number of methoxy groups -OCH3 is 1. The molecule has 1 fully saturated rings. The smallest absolute Gasteiger partial charge is 0.268 e. The van der Waals surface area contributed by atoms with Gasteiger partial charge in [-0.1, -0.05) is 12.1 Å². The zero-order valence-corrected chi connectivity index (χ0v) is 16.5. The number of nitrogens with zero attached hydrogens (tertiary/aromatic N) is 1. The van der Waals surface area contributed by atoms with E-state index >= 15 is 0 Å². The molecule has 0 aliphatic carbocycles. The molecule has 142 valence electrons. The molecule has 1 aliphatic heterocycles. The van der Waals surface area contributed by atoms with Crippen LogP contribution in [-0.2, 0) is 11.3 Å². The molecule has 0 saturated carbocycles. The van der Waals surface area contributed by atoms with Crippen LogP contribution in [0.15, 0.2) is 36.4 Å². The second-order valence-corrected chi connectivity index (χ2v) is 8.21. The van der Waals surface area contributed by atoms with Gasteiger partial charge in [0, 0.05) is 24.6 Å². The number of nitrogens with one attached hydrogen (secondary N) is 1. The predicted octanol–water partition coefficient (Wildman–Crippen LogP) is 3.98. The van der Waals surface area contributed by atoms with Crippen LogP contribution in [0.3, 0.4) is 0 Å². The lowest BCUT2D eigenvalue weighted by Gasteiger charge is -2.14. The van der Waals surface area contributed by atoms with E-state index in [0.29, 0.717) is 18.8 Å². The normalized spacial score (nSPS) is 16.7. The molecule has 1 aromatic carbocycles. The van der Waals surface area contributed by atoms with Gasteiger partial charge >= 0.3 is 0 Å². The van der Waals surface area contributed by atoms with Gasteiger partial charge in [0.1, 0.15) is 11.4 Å². The molecule has 2 aromatic heterocycles. The fourth-order valence-corrected chi connectivity index (χ4v) is 4.54. The van der Waals surface area contributed by atoms with Crippen LogP contribution in [0.4, 0.5) is 0 Å². The predicted molar refractivity (Wildman–Crippen MR) is 108 cm³/mol. The number of hydrogen-bond acceptors (Lipinski definition) is 4. The van der Waals surface area contributed by atoms with E-state index in [0.717, 1.165) is 41.0 Å². The SMILES string of the molecule is COc1cccc(Cn2c(C(=O)NC[C@@H]3CCCO3)cc3sc(C)cc32)c1. The summed E-state index contributed by atoms with van der Waals surface area (Å²) in [5.74, 6) is 0.774. The molecule has 4 rings (SSSR count). The Labute approximate surface area is 162 Å². The molecular weight excluding hydrogens is 360 g/mol. The molecule has 3 heterocycles. The Morgan fingerprint density at radius 3 is 3.04 bits per heavy atom. The fourth-order valence-electron chi connectivity index (χ4n) is 3.58. The Hall–Kier alpha value is -2.31. The average molecular weight is 385 g/mol. The monoisotopic (exact) mass is 384 g/mol. The Balaban J connectivity index is 1.62. The summed E-state index contributed by atoms with van der Waals surface area (Å²) in [6, 6.07) is 12.1. The van der Waals surface area contributed by atoms with Gasteiger partial charge in [-0.2, -0.15) is 0 Å². The van der Waals surface area contributed by atoms with Crippen molar-refractivity contribution in [1.82, 2.24) is 9.88 Å². The number of carbonyl (C=O) groups excluding carboxylic acids is 1. The van der Waals surface area contributed by atoms with E-state index in [-0.39, 0.29) is 12.0 Å². The summed E-state index contributed by atoms with van der Waals surface area (Å²) in [7, 11) is 1.67. The maximum Gasteiger partial charge on any atom is 0.268 e. The van der Waals surface area contributed by atoms with Gasteiger partial charge in [-0.25, -0.2) is 0 Å². The lowest BCUT2D eigenvalue weighted by atomic mass is 10.2. The quantitative estimate of drug-likeness (QED) is 0.699. The Kier molecular flexibility index (Phi) is 5.18. The Morgan fingerprint density at radius 2 is 2.26 bits per heavy atom. The first kappa shape index (κ1) is 18.1. The van der Waals surface area contributed by atoms with Crippen LogP contribution in [0.2, 0.25) is 0 Å². The van der Waals surface area contributed by atoms with E-state index in [1.165, 1.54) is 4.88 Å².